The molecule has 5 nitrogen and oxygen atoms in total. The molecule has 1 aromatic carbocycles. The van der Waals surface area contributed by atoms with Crippen molar-refractivity contribution in [3.05, 3.63) is 34.6 Å². The van der Waals surface area contributed by atoms with Crippen molar-refractivity contribution in [3.8, 4) is 0 Å². The zero-order valence-electron chi connectivity index (χ0n) is 14.7. The van der Waals surface area contributed by atoms with Crippen LogP contribution in [-0.4, -0.2) is 47.1 Å². The Hall–Kier alpha value is -1.66. The van der Waals surface area contributed by atoms with Crippen molar-refractivity contribution < 1.29 is 19.1 Å². The molecule has 7 heteroatoms. The molecule has 0 heterocycles. The van der Waals surface area contributed by atoms with Crippen LogP contribution in [0.2, 0.25) is 5.02 Å². The van der Waals surface area contributed by atoms with E-state index in [1.165, 1.54) is 12.1 Å². The molecule has 138 valence electrons. The van der Waals surface area contributed by atoms with E-state index < -0.39 is 17.2 Å². The zero-order chi connectivity index (χ0) is 18.8. The van der Waals surface area contributed by atoms with Crippen LogP contribution in [0, 0.1) is 5.82 Å². The van der Waals surface area contributed by atoms with Gasteiger partial charge in [-0.1, -0.05) is 24.6 Å². The second kappa shape index (κ2) is 7.70. The molecule has 1 aromatic rings. The Kier molecular flexibility index (Phi) is 6.06. The number of rotatable bonds is 7. The summed E-state index contributed by atoms with van der Waals surface area (Å²) in [5.74, 6) is -1.61. The molecule has 0 spiro atoms. The van der Waals surface area contributed by atoms with Crippen LogP contribution >= 0.6 is 11.6 Å². The second-order valence-electron chi connectivity index (χ2n) is 7.00. The summed E-state index contributed by atoms with van der Waals surface area (Å²) in [6.45, 7) is 5.92. The SMILES string of the molecule is CCN(CC(=O)O)C1CC(NC(=O)C(C)(C)c2ccc(Cl)cc2F)C1. The minimum atomic E-state index is -1.02. The van der Waals surface area contributed by atoms with Crippen LogP contribution in [0.3, 0.4) is 0 Å². The van der Waals surface area contributed by atoms with Crippen LogP contribution < -0.4 is 5.32 Å². The second-order valence-corrected chi connectivity index (χ2v) is 7.44. The molecular weight excluding hydrogens is 347 g/mol. The van der Waals surface area contributed by atoms with E-state index in [0.717, 1.165) is 0 Å². The quantitative estimate of drug-likeness (QED) is 0.774. The van der Waals surface area contributed by atoms with E-state index in [9.17, 15) is 14.0 Å². The molecule has 2 N–H and O–H groups in total. The van der Waals surface area contributed by atoms with Crippen LogP contribution in [0.4, 0.5) is 4.39 Å². The number of carbonyl (C=O) groups excluding carboxylic acids is 1. The molecule has 0 aliphatic heterocycles. The molecular formula is C18H24ClFN2O3. The molecule has 1 aliphatic carbocycles. The highest BCUT2D eigenvalue weighted by Crippen LogP contribution is 2.30. The fourth-order valence-electron chi connectivity index (χ4n) is 3.16. The lowest BCUT2D eigenvalue weighted by Gasteiger charge is -2.43. The Morgan fingerprint density at radius 1 is 1.40 bits per heavy atom. The monoisotopic (exact) mass is 370 g/mol. The predicted molar refractivity (Wildman–Crippen MR) is 94.3 cm³/mol. The average molecular weight is 371 g/mol. The number of hydrogen-bond donors (Lipinski definition) is 2. The van der Waals surface area contributed by atoms with Crippen molar-refractivity contribution in [1.29, 1.82) is 0 Å². The topological polar surface area (TPSA) is 69.6 Å². The molecule has 0 aromatic heterocycles. The highest BCUT2D eigenvalue weighted by atomic mass is 35.5. The summed E-state index contributed by atoms with van der Waals surface area (Å²) in [5.41, 5.74) is -0.725. The van der Waals surface area contributed by atoms with Gasteiger partial charge in [0, 0.05) is 22.7 Å². The molecule has 25 heavy (non-hydrogen) atoms. The van der Waals surface area contributed by atoms with E-state index in [0.29, 0.717) is 24.9 Å². The Bertz CT molecular complexity index is 660. The number of nitrogens with zero attached hydrogens (tertiary/aromatic N) is 1. The first kappa shape index (κ1) is 19.7. The van der Waals surface area contributed by atoms with E-state index >= 15 is 0 Å². The number of carboxylic acids is 1. The molecule has 0 saturated heterocycles. The maximum absolute atomic E-state index is 14.1. The van der Waals surface area contributed by atoms with Crippen molar-refractivity contribution in [1.82, 2.24) is 10.2 Å². The molecule has 0 unspecified atom stereocenters. The lowest BCUT2D eigenvalue weighted by atomic mass is 9.80. The maximum atomic E-state index is 14.1. The number of carbonyl (C=O) groups is 2. The van der Waals surface area contributed by atoms with Crippen molar-refractivity contribution in [2.45, 2.75) is 51.1 Å². The summed E-state index contributed by atoms with van der Waals surface area (Å²) in [6.07, 6.45) is 1.40. The minimum Gasteiger partial charge on any atom is -0.480 e. The zero-order valence-corrected chi connectivity index (χ0v) is 15.4. The van der Waals surface area contributed by atoms with Gasteiger partial charge < -0.3 is 10.4 Å². The first-order valence-electron chi connectivity index (χ1n) is 8.37. The molecule has 2 rings (SSSR count). The third-order valence-electron chi connectivity index (χ3n) is 4.88. The van der Waals surface area contributed by atoms with E-state index in [-0.39, 0.29) is 29.6 Å². The van der Waals surface area contributed by atoms with Crippen LogP contribution in [0.25, 0.3) is 0 Å². The van der Waals surface area contributed by atoms with Gasteiger partial charge in [0.1, 0.15) is 5.82 Å². The average Bonchev–Trinajstić information content (AvgIpc) is 2.47. The summed E-state index contributed by atoms with van der Waals surface area (Å²) in [4.78, 5) is 25.4. The van der Waals surface area contributed by atoms with Crippen LogP contribution in [0.5, 0.6) is 0 Å². The van der Waals surface area contributed by atoms with E-state index in [1.54, 1.807) is 19.9 Å². The molecule has 1 amide bonds. The Labute approximate surface area is 152 Å². The van der Waals surface area contributed by atoms with Crippen molar-refractivity contribution in [2.75, 3.05) is 13.1 Å². The third kappa shape index (κ3) is 4.50. The van der Waals surface area contributed by atoms with Crippen molar-refractivity contribution in [2.24, 2.45) is 0 Å². The molecule has 1 fully saturated rings. The van der Waals surface area contributed by atoms with Crippen molar-refractivity contribution >= 4 is 23.5 Å². The minimum absolute atomic E-state index is 0.00329. The van der Waals surface area contributed by atoms with Gasteiger partial charge in [-0.05, 0) is 45.4 Å². The number of nitrogens with one attached hydrogen (secondary N) is 1. The molecule has 0 atom stereocenters. The molecule has 0 radical (unpaired) electrons. The molecule has 0 bridgehead atoms. The maximum Gasteiger partial charge on any atom is 0.317 e. The largest absolute Gasteiger partial charge is 0.480 e. The highest BCUT2D eigenvalue weighted by molar-refractivity contribution is 6.30. The van der Waals surface area contributed by atoms with E-state index in [4.69, 9.17) is 16.7 Å². The van der Waals surface area contributed by atoms with Gasteiger partial charge in [-0.2, -0.15) is 0 Å². The first-order valence-corrected chi connectivity index (χ1v) is 8.75. The van der Waals surface area contributed by atoms with Gasteiger partial charge in [-0.25, -0.2) is 4.39 Å². The van der Waals surface area contributed by atoms with Gasteiger partial charge in [0.25, 0.3) is 0 Å². The number of carboxylic acid groups (broad SMARTS) is 1. The number of hydrogen-bond acceptors (Lipinski definition) is 3. The summed E-state index contributed by atoms with van der Waals surface area (Å²) in [5, 5.41) is 12.2. The number of aliphatic carboxylic acids is 1. The fraction of sp³-hybridized carbons (Fsp3) is 0.556. The van der Waals surface area contributed by atoms with E-state index in [2.05, 4.69) is 5.32 Å². The number of halogens is 2. The third-order valence-corrected chi connectivity index (χ3v) is 5.12. The predicted octanol–water partition coefficient (Wildman–Crippen LogP) is 2.81. The highest BCUT2D eigenvalue weighted by Gasteiger charge is 2.39. The smallest absolute Gasteiger partial charge is 0.317 e. The van der Waals surface area contributed by atoms with Crippen LogP contribution in [-0.2, 0) is 15.0 Å². The lowest BCUT2D eigenvalue weighted by molar-refractivity contribution is -0.140. The van der Waals surface area contributed by atoms with Crippen LogP contribution in [0.1, 0.15) is 39.2 Å². The van der Waals surface area contributed by atoms with Gasteiger partial charge in [-0.15, -0.1) is 0 Å². The summed E-state index contributed by atoms with van der Waals surface area (Å²) < 4.78 is 14.1. The van der Waals surface area contributed by atoms with Gasteiger partial charge >= 0.3 is 5.97 Å². The van der Waals surface area contributed by atoms with Gasteiger partial charge in [0.2, 0.25) is 5.91 Å². The normalized spacial score (nSPS) is 20.2. The van der Waals surface area contributed by atoms with Crippen molar-refractivity contribution in [3.63, 3.8) is 0 Å². The standard InChI is InChI=1S/C18H24ClFN2O3/c1-4-22(10-16(23)24)13-8-12(9-13)21-17(25)18(2,3)14-6-5-11(19)7-15(14)20/h5-7,12-13H,4,8-10H2,1-3H3,(H,21,25)(H,23,24). The lowest BCUT2D eigenvalue weighted by Crippen LogP contribution is -2.57. The molecule has 1 saturated carbocycles. The van der Waals surface area contributed by atoms with Gasteiger partial charge in [0.15, 0.2) is 0 Å². The van der Waals surface area contributed by atoms with Crippen LogP contribution in [0.15, 0.2) is 18.2 Å². The number of likely N-dealkylation sites (N-methyl/N-ethyl adjacent to an activating group) is 1. The Morgan fingerprint density at radius 2 is 2.04 bits per heavy atom. The number of benzene rings is 1. The Balaban J connectivity index is 1.95. The number of amides is 1. The first-order chi connectivity index (χ1) is 11.6. The summed E-state index contributed by atoms with van der Waals surface area (Å²) in [7, 11) is 0. The van der Waals surface area contributed by atoms with Gasteiger partial charge in [0.05, 0.1) is 12.0 Å². The summed E-state index contributed by atoms with van der Waals surface area (Å²) >= 11 is 5.77. The Morgan fingerprint density at radius 3 is 2.56 bits per heavy atom. The van der Waals surface area contributed by atoms with Gasteiger partial charge in [-0.3, -0.25) is 14.5 Å². The summed E-state index contributed by atoms with van der Waals surface area (Å²) in [6, 6.07) is 4.44. The van der Waals surface area contributed by atoms with E-state index in [1.807, 2.05) is 11.8 Å². The fourth-order valence-corrected chi connectivity index (χ4v) is 3.32. The molecule has 1 aliphatic rings.